The minimum absolute atomic E-state index is 0.294. The molecular weight excluding hydrogens is 270 g/mol. The predicted octanol–water partition coefficient (Wildman–Crippen LogP) is 2.10. The van der Waals surface area contributed by atoms with Crippen LogP contribution in [0.3, 0.4) is 0 Å². The summed E-state index contributed by atoms with van der Waals surface area (Å²) in [6, 6.07) is 1.95. The summed E-state index contributed by atoms with van der Waals surface area (Å²) in [5.74, 6) is 1.59. The summed E-state index contributed by atoms with van der Waals surface area (Å²) in [7, 11) is 1.78. The first-order chi connectivity index (χ1) is 7.70. The quantitative estimate of drug-likeness (QED) is 0.780. The molecule has 1 aromatic heterocycles. The predicted molar refractivity (Wildman–Crippen MR) is 66.5 cm³/mol. The zero-order chi connectivity index (χ0) is 11.5. The number of anilines is 1. The standard InChI is InChI=1S/C11H16BrN3O/c1-8-3-4-15(6-9(8)16-2)11-5-10(12)13-7-14-11/h5,7-9H,3-4,6H2,1-2H3. The van der Waals surface area contributed by atoms with E-state index in [9.17, 15) is 0 Å². The SMILES string of the molecule is COC1CN(c2cc(Br)ncn2)CCC1C. The van der Waals surface area contributed by atoms with Gasteiger partial charge in [0.2, 0.25) is 0 Å². The first-order valence-electron chi connectivity index (χ1n) is 5.46. The minimum Gasteiger partial charge on any atom is -0.379 e. The Morgan fingerprint density at radius 2 is 2.31 bits per heavy atom. The summed E-state index contributed by atoms with van der Waals surface area (Å²) in [5.41, 5.74) is 0. The molecule has 1 aliphatic rings. The van der Waals surface area contributed by atoms with Crippen molar-refractivity contribution in [3.05, 3.63) is 17.0 Å². The van der Waals surface area contributed by atoms with Gasteiger partial charge in [-0.25, -0.2) is 9.97 Å². The van der Waals surface area contributed by atoms with E-state index < -0.39 is 0 Å². The smallest absolute Gasteiger partial charge is 0.133 e. The van der Waals surface area contributed by atoms with Gasteiger partial charge < -0.3 is 9.64 Å². The van der Waals surface area contributed by atoms with Crippen LogP contribution in [-0.4, -0.2) is 36.3 Å². The van der Waals surface area contributed by atoms with Crippen LogP contribution in [0.15, 0.2) is 17.0 Å². The molecule has 2 unspecified atom stereocenters. The topological polar surface area (TPSA) is 38.2 Å². The highest BCUT2D eigenvalue weighted by molar-refractivity contribution is 9.10. The number of rotatable bonds is 2. The van der Waals surface area contributed by atoms with Crippen LogP contribution in [0.4, 0.5) is 5.82 Å². The van der Waals surface area contributed by atoms with Crippen molar-refractivity contribution in [3.63, 3.8) is 0 Å². The lowest BCUT2D eigenvalue weighted by molar-refractivity contribution is 0.0496. The molecule has 88 valence electrons. The first-order valence-corrected chi connectivity index (χ1v) is 6.25. The van der Waals surface area contributed by atoms with E-state index in [-0.39, 0.29) is 0 Å². The molecule has 1 aliphatic heterocycles. The second kappa shape index (κ2) is 5.10. The Kier molecular flexibility index (Phi) is 3.76. The van der Waals surface area contributed by atoms with E-state index in [1.807, 2.05) is 6.07 Å². The monoisotopic (exact) mass is 285 g/mol. The highest BCUT2D eigenvalue weighted by Gasteiger charge is 2.26. The van der Waals surface area contributed by atoms with E-state index in [0.29, 0.717) is 12.0 Å². The maximum absolute atomic E-state index is 5.49. The molecule has 1 aromatic rings. The molecule has 0 amide bonds. The molecule has 0 spiro atoms. The maximum Gasteiger partial charge on any atom is 0.133 e. The van der Waals surface area contributed by atoms with Gasteiger partial charge in [0.05, 0.1) is 6.10 Å². The third kappa shape index (κ3) is 2.52. The molecule has 0 bridgehead atoms. The van der Waals surface area contributed by atoms with Crippen LogP contribution in [0, 0.1) is 5.92 Å². The van der Waals surface area contributed by atoms with Crippen molar-refractivity contribution in [1.29, 1.82) is 0 Å². The van der Waals surface area contributed by atoms with Gasteiger partial charge in [-0.3, -0.25) is 0 Å². The van der Waals surface area contributed by atoms with Gasteiger partial charge in [-0.1, -0.05) is 6.92 Å². The average molecular weight is 286 g/mol. The molecule has 5 heteroatoms. The van der Waals surface area contributed by atoms with Gasteiger partial charge in [0.1, 0.15) is 16.7 Å². The third-order valence-corrected chi connectivity index (χ3v) is 3.57. The Morgan fingerprint density at radius 1 is 1.50 bits per heavy atom. The lowest BCUT2D eigenvalue weighted by Gasteiger charge is -2.36. The lowest BCUT2D eigenvalue weighted by atomic mass is 9.96. The van der Waals surface area contributed by atoms with Gasteiger partial charge in [-0.05, 0) is 28.3 Å². The fourth-order valence-corrected chi connectivity index (χ4v) is 2.34. The number of halogens is 1. The molecule has 2 rings (SSSR count). The van der Waals surface area contributed by atoms with Gasteiger partial charge in [0, 0.05) is 26.3 Å². The van der Waals surface area contributed by atoms with Gasteiger partial charge in [-0.2, -0.15) is 0 Å². The van der Waals surface area contributed by atoms with Crippen molar-refractivity contribution in [2.24, 2.45) is 5.92 Å². The van der Waals surface area contributed by atoms with Gasteiger partial charge in [0.25, 0.3) is 0 Å². The largest absolute Gasteiger partial charge is 0.379 e. The average Bonchev–Trinajstić information content (AvgIpc) is 2.29. The lowest BCUT2D eigenvalue weighted by Crippen LogP contribution is -2.44. The van der Waals surface area contributed by atoms with Crippen LogP contribution in [0.2, 0.25) is 0 Å². The summed E-state index contributed by atoms with van der Waals surface area (Å²) in [5, 5.41) is 0. The van der Waals surface area contributed by atoms with Crippen LogP contribution in [0.25, 0.3) is 0 Å². The second-order valence-corrected chi connectivity index (χ2v) is 5.00. The van der Waals surface area contributed by atoms with Crippen molar-refractivity contribution in [3.8, 4) is 0 Å². The number of hydrogen-bond donors (Lipinski definition) is 0. The number of hydrogen-bond acceptors (Lipinski definition) is 4. The molecule has 16 heavy (non-hydrogen) atoms. The third-order valence-electron chi connectivity index (χ3n) is 3.14. The van der Waals surface area contributed by atoms with E-state index in [1.165, 1.54) is 0 Å². The molecule has 0 aliphatic carbocycles. The molecular formula is C11H16BrN3O. The van der Waals surface area contributed by atoms with Gasteiger partial charge in [-0.15, -0.1) is 0 Å². The van der Waals surface area contributed by atoms with E-state index in [1.54, 1.807) is 13.4 Å². The van der Waals surface area contributed by atoms with E-state index in [0.717, 1.165) is 29.9 Å². The van der Waals surface area contributed by atoms with E-state index in [2.05, 4.69) is 37.7 Å². The molecule has 4 nitrogen and oxygen atoms in total. The summed E-state index contributed by atoms with van der Waals surface area (Å²) >= 11 is 3.36. The molecule has 1 saturated heterocycles. The van der Waals surface area contributed by atoms with Crippen molar-refractivity contribution < 1.29 is 4.74 Å². The van der Waals surface area contributed by atoms with Crippen LogP contribution in [-0.2, 0) is 4.74 Å². The zero-order valence-corrected chi connectivity index (χ0v) is 11.1. The summed E-state index contributed by atoms with van der Waals surface area (Å²) in [6.45, 7) is 4.17. The molecule has 2 atom stereocenters. The second-order valence-electron chi connectivity index (χ2n) is 4.19. The molecule has 0 saturated carbocycles. The normalized spacial score (nSPS) is 25.8. The van der Waals surface area contributed by atoms with E-state index in [4.69, 9.17) is 4.74 Å². The molecule has 1 fully saturated rings. The number of ether oxygens (including phenoxy) is 1. The Morgan fingerprint density at radius 3 is 3.00 bits per heavy atom. The Labute approximate surface area is 104 Å². The summed E-state index contributed by atoms with van der Waals surface area (Å²) < 4.78 is 6.31. The van der Waals surface area contributed by atoms with Crippen molar-refractivity contribution >= 4 is 21.7 Å². The van der Waals surface area contributed by atoms with Crippen molar-refractivity contribution in [2.45, 2.75) is 19.4 Å². The number of methoxy groups -OCH3 is 1. The van der Waals surface area contributed by atoms with Crippen LogP contribution >= 0.6 is 15.9 Å². The van der Waals surface area contributed by atoms with Gasteiger partial charge >= 0.3 is 0 Å². The number of nitrogens with zero attached hydrogens (tertiary/aromatic N) is 3. The zero-order valence-electron chi connectivity index (χ0n) is 9.56. The first kappa shape index (κ1) is 11.8. The molecule has 0 aromatic carbocycles. The minimum atomic E-state index is 0.294. The van der Waals surface area contributed by atoms with Crippen molar-refractivity contribution in [2.75, 3.05) is 25.1 Å². The molecule has 0 N–H and O–H groups in total. The van der Waals surface area contributed by atoms with Crippen LogP contribution in [0.5, 0.6) is 0 Å². The number of piperidine rings is 1. The van der Waals surface area contributed by atoms with Crippen LogP contribution < -0.4 is 4.90 Å². The fraction of sp³-hybridized carbons (Fsp3) is 0.636. The number of aromatic nitrogens is 2. The van der Waals surface area contributed by atoms with Gasteiger partial charge in [0.15, 0.2) is 0 Å². The Bertz CT molecular complexity index is 361. The Hall–Kier alpha value is -0.680. The highest BCUT2D eigenvalue weighted by atomic mass is 79.9. The molecule has 0 radical (unpaired) electrons. The van der Waals surface area contributed by atoms with Crippen molar-refractivity contribution in [1.82, 2.24) is 9.97 Å². The fourth-order valence-electron chi connectivity index (χ4n) is 2.05. The molecule has 2 heterocycles. The maximum atomic E-state index is 5.49. The van der Waals surface area contributed by atoms with Crippen LogP contribution in [0.1, 0.15) is 13.3 Å². The Balaban J connectivity index is 2.11. The highest BCUT2D eigenvalue weighted by Crippen LogP contribution is 2.24. The summed E-state index contributed by atoms with van der Waals surface area (Å²) in [6.07, 6.45) is 3.02. The van der Waals surface area contributed by atoms with E-state index >= 15 is 0 Å². The summed E-state index contributed by atoms with van der Waals surface area (Å²) in [4.78, 5) is 10.6.